The number of anilines is 1. The van der Waals surface area contributed by atoms with Crippen LogP contribution in [-0.2, 0) is 14.4 Å². The fourth-order valence-corrected chi connectivity index (χ4v) is 3.18. The van der Waals surface area contributed by atoms with Gasteiger partial charge in [0.15, 0.2) is 23.2 Å². The van der Waals surface area contributed by atoms with E-state index in [0.29, 0.717) is 36.3 Å². The molecule has 2 unspecified atom stereocenters. The number of aromatic nitrogens is 1. The number of carboxylic acids is 1. The molecule has 0 spiro atoms. The second-order valence-electron chi connectivity index (χ2n) is 6.70. The van der Waals surface area contributed by atoms with Crippen LogP contribution in [-0.4, -0.2) is 52.6 Å². The predicted octanol–water partition coefficient (Wildman–Crippen LogP) is 2.07. The highest BCUT2D eigenvalue weighted by Crippen LogP contribution is 2.27. The van der Waals surface area contributed by atoms with E-state index in [2.05, 4.69) is 15.1 Å². The number of thiazole rings is 1. The molecule has 0 aliphatic rings. The van der Waals surface area contributed by atoms with Crippen LogP contribution in [0.25, 0.3) is 0 Å². The SMILES string of the molecule is CCCC(Oc1ccc(C(N)=NC)cc1)C(C)(O/N=C(\C=O)c1csc(N)n1)C(=O)O. The van der Waals surface area contributed by atoms with Gasteiger partial charge in [0.05, 0.1) is 0 Å². The van der Waals surface area contributed by atoms with Gasteiger partial charge in [-0.3, -0.25) is 9.79 Å². The quantitative estimate of drug-likeness (QED) is 0.204. The van der Waals surface area contributed by atoms with Gasteiger partial charge in [0.1, 0.15) is 17.3 Å². The van der Waals surface area contributed by atoms with Crippen LogP contribution in [0.1, 0.15) is 37.9 Å². The van der Waals surface area contributed by atoms with Gasteiger partial charge in [-0.1, -0.05) is 18.5 Å². The van der Waals surface area contributed by atoms with Crippen molar-refractivity contribution in [2.45, 2.75) is 38.4 Å². The van der Waals surface area contributed by atoms with Gasteiger partial charge in [-0.2, -0.15) is 0 Å². The molecule has 0 amide bonds. The standard InChI is InChI=1S/C20H25N5O5S/c1-4-5-16(29-13-8-6-12(7-9-13)17(21)23-3)20(2,18(27)28)30-25-14(10-26)15-11-31-19(22)24-15/h6-11,16H,4-5H2,1-3H3,(H2,21,23)(H2,22,24)(H,27,28)/b25-14+. The Balaban J connectivity index is 2.31. The van der Waals surface area contributed by atoms with Crippen molar-refractivity contribution in [3.8, 4) is 5.75 Å². The summed E-state index contributed by atoms with van der Waals surface area (Å²) >= 11 is 1.12. The summed E-state index contributed by atoms with van der Waals surface area (Å²) in [7, 11) is 1.58. The van der Waals surface area contributed by atoms with Crippen LogP contribution in [0.4, 0.5) is 5.13 Å². The van der Waals surface area contributed by atoms with E-state index < -0.39 is 17.7 Å². The van der Waals surface area contributed by atoms with E-state index in [1.54, 1.807) is 31.3 Å². The number of hydrogen-bond acceptors (Lipinski definition) is 9. The molecule has 5 N–H and O–H groups in total. The molecule has 10 nitrogen and oxygen atoms in total. The molecule has 0 aliphatic carbocycles. The van der Waals surface area contributed by atoms with Crippen molar-refractivity contribution in [3.05, 3.63) is 40.9 Å². The average Bonchev–Trinajstić information content (AvgIpc) is 3.19. The molecule has 0 saturated carbocycles. The zero-order valence-corrected chi connectivity index (χ0v) is 18.3. The summed E-state index contributed by atoms with van der Waals surface area (Å²) in [5.74, 6) is -0.500. The number of benzene rings is 1. The minimum atomic E-state index is -1.88. The molecule has 11 heteroatoms. The molecule has 2 aromatic rings. The molecule has 0 radical (unpaired) electrons. The number of carboxylic acid groups (broad SMARTS) is 1. The van der Waals surface area contributed by atoms with Gasteiger partial charge in [-0.25, -0.2) is 9.78 Å². The molecule has 31 heavy (non-hydrogen) atoms. The van der Waals surface area contributed by atoms with Crippen LogP contribution in [0, 0.1) is 0 Å². The molecule has 2 atom stereocenters. The van der Waals surface area contributed by atoms with Crippen molar-refractivity contribution in [2.75, 3.05) is 12.8 Å². The number of aldehydes is 1. The average molecular weight is 448 g/mol. The molecule has 1 heterocycles. The molecular formula is C20H25N5O5S. The third-order valence-corrected chi connectivity index (χ3v) is 5.16. The minimum absolute atomic E-state index is 0.172. The number of nitrogen functional groups attached to an aromatic ring is 1. The van der Waals surface area contributed by atoms with Crippen molar-refractivity contribution < 1.29 is 24.3 Å². The predicted molar refractivity (Wildman–Crippen MR) is 119 cm³/mol. The van der Waals surface area contributed by atoms with Crippen LogP contribution in [0.3, 0.4) is 0 Å². The lowest BCUT2D eigenvalue weighted by atomic mass is 9.95. The molecular weight excluding hydrogens is 422 g/mol. The number of aliphatic imine (C=N–C) groups is 1. The zero-order valence-electron chi connectivity index (χ0n) is 17.4. The summed E-state index contributed by atoms with van der Waals surface area (Å²) in [4.78, 5) is 36.8. The van der Waals surface area contributed by atoms with Crippen molar-refractivity contribution in [3.63, 3.8) is 0 Å². The Morgan fingerprint density at radius 3 is 2.55 bits per heavy atom. The Labute approximate surface area is 183 Å². The van der Waals surface area contributed by atoms with Gasteiger partial charge in [0.25, 0.3) is 5.60 Å². The van der Waals surface area contributed by atoms with Crippen molar-refractivity contribution in [1.29, 1.82) is 0 Å². The van der Waals surface area contributed by atoms with Gasteiger partial charge >= 0.3 is 5.97 Å². The number of amidine groups is 1. The van der Waals surface area contributed by atoms with Crippen molar-refractivity contribution in [2.24, 2.45) is 15.9 Å². The summed E-state index contributed by atoms with van der Waals surface area (Å²) in [6.45, 7) is 3.23. The van der Waals surface area contributed by atoms with Crippen LogP contribution < -0.4 is 16.2 Å². The lowest BCUT2D eigenvalue weighted by Crippen LogP contribution is -2.51. The summed E-state index contributed by atoms with van der Waals surface area (Å²) in [6.07, 6.45) is 0.496. The van der Waals surface area contributed by atoms with Gasteiger partial charge in [-0.05, 0) is 37.6 Å². The Morgan fingerprint density at radius 2 is 2.06 bits per heavy atom. The maximum Gasteiger partial charge on any atom is 0.354 e. The highest BCUT2D eigenvalue weighted by molar-refractivity contribution is 7.13. The normalized spacial score (nSPS) is 15.1. The Bertz CT molecular complexity index is 973. The molecule has 0 fully saturated rings. The number of ether oxygens (including phenoxy) is 1. The van der Waals surface area contributed by atoms with Crippen LogP contribution in [0.2, 0.25) is 0 Å². The molecule has 1 aromatic carbocycles. The highest BCUT2D eigenvalue weighted by atomic mass is 32.1. The first-order valence-electron chi connectivity index (χ1n) is 9.40. The summed E-state index contributed by atoms with van der Waals surface area (Å²) in [5, 5.41) is 15.4. The van der Waals surface area contributed by atoms with E-state index in [0.717, 1.165) is 11.3 Å². The minimum Gasteiger partial charge on any atom is -0.485 e. The number of carbonyl (C=O) groups is 2. The summed E-state index contributed by atoms with van der Waals surface area (Å²) < 4.78 is 5.95. The fourth-order valence-electron chi connectivity index (χ4n) is 2.62. The molecule has 0 saturated heterocycles. The molecule has 0 aliphatic heterocycles. The summed E-state index contributed by atoms with van der Waals surface area (Å²) in [6, 6.07) is 6.76. The number of nitrogens with zero attached hydrogens (tertiary/aromatic N) is 3. The van der Waals surface area contributed by atoms with Gasteiger partial charge in [-0.15, -0.1) is 11.3 Å². The van der Waals surface area contributed by atoms with Gasteiger partial charge in [0.2, 0.25) is 0 Å². The number of carbonyl (C=O) groups excluding carboxylic acids is 1. The first-order valence-corrected chi connectivity index (χ1v) is 10.3. The molecule has 1 aromatic heterocycles. The highest BCUT2D eigenvalue weighted by Gasteiger charge is 2.46. The van der Waals surface area contributed by atoms with Gasteiger partial charge in [0, 0.05) is 18.0 Å². The number of nitrogens with two attached hydrogens (primary N) is 2. The smallest absolute Gasteiger partial charge is 0.354 e. The van der Waals surface area contributed by atoms with Crippen molar-refractivity contribution >= 4 is 40.3 Å². The lowest BCUT2D eigenvalue weighted by Gasteiger charge is -2.31. The van der Waals surface area contributed by atoms with E-state index in [9.17, 15) is 14.7 Å². The van der Waals surface area contributed by atoms with Gasteiger partial charge < -0.3 is 26.1 Å². The number of rotatable bonds is 11. The largest absolute Gasteiger partial charge is 0.485 e. The first-order chi connectivity index (χ1) is 14.7. The lowest BCUT2D eigenvalue weighted by molar-refractivity contribution is -0.177. The number of hydrogen-bond donors (Lipinski definition) is 3. The van der Waals surface area contributed by atoms with Crippen LogP contribution >= 0.6 is 11.3 Å². The Morgan fingerprint density at radius 1 is 1.39 bits per heavy atom. The topological polar surface area (TPSA) is 162 Å². The van der Waals surface area contributed by atoms with E-state index in [1.165, 1.54) is 12.3 Å². The third-order valence-electron chi connectivity index (χ3n) is 4.49. The van der Waals surface area contributed by atoms with E-state index in [1.807, 2.05) is 6.92 Å². The van der Waals surface area contributed by atoms with E-state index in [-0.39, 0.29) is 16.5 Å². The van der Waals surface area contributed by atoms with Crippen LogP contribution in [0.5, 0.6) is 5.75 Å². The third kappa shape index (κ3) is 5.79. The number of oxime groups is 1. The second-order valence-corrected chi connectivity index (χ2v) is 7.59. The van der Waals surface area contributed by atoms with E-state index in [4.69, 9.17) is 21.0 Å². The first kappa shape index (κ1) is 23.8. The van der Waals surface area contributed by atoms with E-state index >= 15 is 0 Å². The molecule has 0 bridgehead atoms. The zero-order chi connectivity index (χ0) is 23.0. The Kier molecular flexibility index (Phi) is 8.08. The molecule has 166 valence electrons. The summed E-state index contributed by atoms with van der Waals surface area (Å²) in [5.41, 5.74) is 10.2. The maximum atomic E-state index is 12.1. The monoisotopic (exact) mass is 447 g/mol. The van der Waals surface area contributed by atoms with Crippen molar-refractivity contribution in [1.82, 2.24) is 4.98 Å². The number of aliphatic carboxylic acids is 1. The fraction of sp³-hybridized carbons (Fsp3) is 0.350. The Hall–Kier alpha value is -3.47. The second kappa shape index (κ2) is 10.5. The molecule has 2 rings (SSSR count). The maximum absolute atomic E-state index is 12.1. The van der Waals surface area contributed by atoms with Crippen LogP contribution in [0.15, 0.2) is 39.8 Å².